The van der Waals surface area contributed by atoms with Gasteiger partial charge in [0.1, 0.15) is 0 Å². The summed E-state index contributed by atoms with van der Waals surface area (Å²) in [6.45, 7) is 7.02. The zero-order valence-electron chi connectivity index (χ0n) is 9.61. The Bertz CT molecular complexity index is 316. The Morgan fingerprint density at radius 2 is 1.93 bits per heavy atom. The average Bonchev–Trinajstić information content (AvgIpc) is 2.68. The molecule has 82 valence electrons. The Morgan fingerprint density at radius 3 is 2.47 bits per heavy atom. The summed E-state index contributed by atoms with van der Waals surface area (Å²) < 4.78 is 0. The van der Waals surface area contributed by atoms with Gasteiger partial charge in [0.2, 0.25) is 0 Å². The minimum atomic E-state index is 0.795. The summed E-state index contributed by atoms with van der Waals surface area (Å²) in [6, 6.07) is 8.21. The molecule has 2 heteroatoms. The second-order valence-electron chi connectivity index (χ2n) is 4.83. The summed E-state index contributed by atoms with van der Waals surface area (Å²) in [6.07, 6.45) is 1.32. The molecule has 0 saturated carbocycles. The van der Waals surface area contributed by atoms with Gasteiger partial charge in [0.25, 0.3) is 0 Å². The van der Waals surface area contributed by atoms with Crippen LogP contribution in [0.2, 0.25) is 0 Å². The van der Waals surface area contributed by atoms with Gasteiger partial charge >= 0.3 is 0 Å². The lowest BCUT2D eigenvalue weighted by molar-refractivity contribution is 0.423. The molecule has 0 radical (unpaired) electrons. The SMILES string of the molecule is CC(C)C1CCN(c2ccc(N)cc2)C1. The van der Waals surface area contributed by atoms with Crippen LogP contribution in [0.15, 0.2) is 24.3 Å². The zero-order chi connectivity index (χ0) is 10.8. The summed E-state index contributed by atoms with van der Waals surface area (Å²) >= 11 is 0. The van der Waals surface area contributed by atoms with Gasteiger partial charge in [0, 0.05) is 24.5 Å². The van der Waals surface area contributed by atoms with E-state index in [9.17, 15) is 0 Å². The molecule has 0 bridgehead atoms. The van der Waals surface area contributed by atoms with Crippen molar-refractivity contribution in [1.82, 2.24) is 0 Å². The Labute approximate surface area is 92.1 Å². The van der Waals surface area contributed by atoms with Crippen LogP contribution >= 0.6 is 0 Å². The highest BCUT2D eigenvalue weighted by Crippen LogP contribution is 2.28. The fourth-order valence-electron chi connectivity index (χ4n) is 2.25. The van der Waals surface area contributed by atoms with E-state index >= 15 is 0 Å². The van der Waals surface area contributed by atoms with E-state index in [1.54, 1.807) is 0 Å². The topological polar surface area (TPSA) is 29.3 Å². The van der Waals surface area contributed by atoms with E-state index in [-0.39, 0.29) is 0 Å². The Balaban J connectivity index is 2.04. The molecule has 1 aliphatic heterocycles. The minimum Gasteiger partial charge on any atom is -0.399 e. The molecule has 0 amide bonds. The van der Waals surface area contributed by atoms with Crippen molar-refractivity contribution in [2.75, 3.05) is 23.7 Å². The van der Waals surface area contributed by atoms with Gasteiger partial charge < -0.3 is 10.6 Å². The molecule has 1 aromatic rings. The van der Waals surface area contributed by atoms with Crippen molar-refractivity contribution < 1.29 is 0 Å². The summed E-state index contributed by atoms with van der Waals surface area (Å²) in [5.41, 5.74) is 7.84. The fraction of sp³-hybridized carbons (Fsp3) is 0.538. The van der Waals surface area contributed by atoms with Gasteiger partial charge in [-0.05, 0) is 42.5 Å². The summed E-state index contributed by atoms with van der Waals surface area (Å²) in [7, 11) is 0. The van der Waals surface area contributed by atoms with Crippen molar-refractivity contribution >= 4 is 11.4 Å². The average molecular weight is 204 g/mol. The lowest BCUT2D eigenvalue weighted by atomic mass is 9.95. The molecule has 2 N–H and O–H groups in total. The third-order valence-corrected chi connectivity index (χ3v) is 3.43. The number of nitrogens with zero attached hydrogens (tertiary/aromatic N) is 1. The van der Waals surface area contributed by atoms with Gasteiger partial charge in [-0.25, -0.2) is 0 Å². The molecule has 0 aliphatic carbocycles. The van der Waals surface area contributed by atoms with Crippen LogP contribution in [0.3, 0.4) is 0 Å². The summed E-state index contributed by atoms with van der Waals surface area (Å²) in [5, 5.41) is 0. The van der Waals surface area contributed by atoms with Crippen LogP contribution in [0.4, 0.5) is 11.4 Å². The summed E-state index contributed by atoms with van der Waals surface area (Å²) in [4.78, 5) is 2.46. The third kappa shape index (κ3) is 2.25. The van der Waals surface area contributed by atoms with Gasteiger partial charge in [0.15, 0.2) is 0 Å². The Hall–Kier alpha value is -1.18. The van der Waals surface area contributed by atoms with Gasteiger partial charge in [-0.3, -0.25) is 0 Å². The number of nitrogens with two attached hydrogens (primary N) is 1. The highest BCUT2D eigenvalue weighted by atomic mass is 15.1. The second kappa shape index (κ2) is 4.13. The largest absolute Gasteiger partial charge is 0.399 e. The van der Waals surface area contributed by atoms with E-state index in [1.165, 1.54) is 25.2 Å². The first-order valence-corrected chi connectivity index (χ1v) is 5.77. The Kier molecular flexibility index (Phi) is 2.85. The van der Waals surface area contributed by atoms with Crippen LogP contribution in [0.5, 0.6) is 0 Å². The molecule has 1 saturated heterocycles. The van der Waals surface area contributed by atoms with Crippen LogP contribution in [-0.4, -0.2) is 13.1 Å². The number of anilines is 2. The first-order valence-electron chi connectivity index (χ1n) is 5.77. The number of hydrogen-bond donors (Lipinski definition) is 1. The lowest BCUT2D eigenvalue weighted by Gasteiger charge is -2.20. The number of benzene rings is 1. The molecule has 2 rings (SSSR count). The monoisotopic (exact) mass is 204 g/mol. The van der Waals surface area contributed by atoms with E-state index in [0.717, 1.165) is 17.5 Å². The van der Waals surface area contributed by atoms with E-state index in [4.69, 9.17) is 5.73 Å². The molecule has 2 nitrogen and oxygen atoms in total. The van der Waals surface area contributed by atoms with Crippen molar-refractivity contribution in [3.63, 3.8) is 0 Å². The maximum Gasteiger partial charge on any atom is 0.0367 e. The molecule has 1 fully saturated rings. The predicted octanol–water partition coefficient (Wildman–Crippen LogP) is 2.75. The number of hydrogen-bond acceptors (Lipinski definition) is 2. The highest BCUT2D eigenvalue weighted by molar-refractivity contribution is 5.53. The van der Waals surface area contributed by atoms with Crippen LogP contribution in [0.1, 0.15) is 20.3 Å². The maximum absolute atomic E-state index is 5.68. The first-order chi connectivity index (χ1) is 7.16. The van der Waals surface area contributed by atoms with Crippen molar-refractivity contribution in [1.29, 1.82) is 0 Å². The standard InChI is InChI=1S/C13H20N2/c1-10(2)11-7-8-15(9-11)13-5-3-12(14)4-6-13/h3-6,10-11H,7-9,14H2,1-2H3. The highest BCUT2D eigenvalue weighted by Gasteiger charge is 2.24. The lowest BCUT2D eigenvalue weighted by Crippen LogP contribution is -2.20. The van der Waals surface area contributed by atoms with Gasteiger partial charge in [-0.15, -0.1) is 0 Å². The molecular weight excluding hydrogens is 184 g/mol. The van der Waals surface area contributed by atoms with E-state index in [1.807, 2.05) is 12.1 Å². The molecular formula is C13H20N2. The molecule has 15 heavy (non-hydrogen) atoms. The van der Waals surface area contributed by atoms with E-state index in [0.29, 0.717) is 0 Å². The van der Waals surface area contributed by atoms with Gasteiger partial charge in [-0.2, -0.15) is 0 Å². The number of nitrogen functional groups attached to an aromatic ring is 1. The quantitative estimate of drug-likeness (QED) is 0.751. The second-order valence-corrected chi connectivity index (χ2v) is 4.83. The molecule has 1 heterocycles. The van der Waals surface area contributed by atoms with Crippen molar-refractivity contribution in [2.24, 2.45) is 11.8 Å². The fourth-order valence-corrected chi connectivity index (χ4v) is 2.25. The minimum absolute atomic E-state index is 0.795. The molecule has 1 aromatic carbocycles. The first kappa shape index (κ1) is 10.3. The molecule has 1 aliphatic rings. The zero-order valence-corrected chi connectivity index (χ0v) is 9.61. The third-order valence-electron chi connectivity index (χ3n) is 3.43. The molecule has 0 spiro atoms. The van der Waals surface area contributed by atoms with Crippen molar-refractivity contribution in [3.05, 3.63) is 24.3 Å². The van der Waals surface area contributed by atoms with Crippen molar-refractivity contribution in [2.45, 2.75) is 20.3 Å². The van der Waals surface area contributed by atoms with E-state index < -0.39 is 0 Å². The predicted molar refractivity (Wildman–Crippen MR) is 66.0 cm³/mol. The maximum atomic E-state index is 5.68. The van der Waals surface area contributed by atoms with Gasteiger partial charge in [0.05, 0.1) is 0 Å². The molecule has 0 aromatic heterocycles. The van der Waals surface area contributed by atoms with Gasteiger partial charge in [-0.1, -0.05) is 13.8 Å². The molecule has 1 unspecified atom stereocenters. The van der Waals surface area contributed by atoms with Crippen LogP contribution in [-0.2, 0) is 0 Å². The van der Waals surface area contributed by atoms with Crippen LogP contribution in [0, 0.1) is 11.8 Å². The van der Waals surface area contributed by atoms with Crippen LogP contribution in [0.25, 0.3) is 0 Å². The van der Waals surface area contributed by atoms with E-state index in [2.05, 4.69) is 30.9 Å². The Morgan fingerprint density at radius 1 is 1.27 bits per heavy atom. The summed E-state index contributed by atoms with van der Waals surface area (Å²) in [5.74, 6) is 1.64. The normalized spacial score (nSPS) is 21.3. The smallest absolute Gasteiger partial charge is 0.0367 e. The molecule has 1 atom stereocenters. The van der Waals surface area contributed by atoms with Crippen molar-refractivity contribution in [3.8, 4) is 0 Å². The van der Waals surface area contributed by atoms with Crippen LogP contribution < -0.4 is 10.6 Å². The number of rotatable bonds is 2.